The van der Waals surface area contributed by atoms with Crippen molar-refractivity contribution in [3.05, 3.63) is 70.6 Å². The number of pyridine rings is 1. The first-order valence-corrected chi connectivity index (χ1v) is 13.5. The van der Waals surface area contributed by atoms with Crippen LogP contribution in [0.4, 0.5) is 4.79 Å². The zero-order chi connectivity index (χ0) is 27.6. The fourth-order valence-corrected chi connectivity index (χ4v) is 5.28. The molecule has 0 radical (unpaired) electrons. The second kappa shape index (κ2) is 11.0. The Hall–Kier alpha value is -4.01. The highest BCUT2D eigenvalue weighted by molar-refractivity contribution is 5.95. The van der Waals surface area contributed by atoms with Crippen molar-refractivity contribution in [2.75, 3.05) is 19.6 Å². The van der Waals surface area contributed by atoms with Crippen LogP contribution < -0.4 is 5.32 Å². The summed E-state index contributed by atoms with van der Waals surface area (Å²) >= 11 is 0. The zero-order valence-corrected chi connectivity index (χ0v) is 22.6. The molecule has 2 aromatic heterocycles. The number of hydrogen-bond acceptors (Lipinski definition) is 7. The van der Waals surface area contributed by atoms with Gasteiger partial charge in [-0.05, 0) is 93.3 Å². The average molecular weight is 531 g/mol. The Morgan fingerprint density at radius 2 is 1.82 bits per heavy atom. The Kier molecular flexibility index (Phi) is 7.50. The van der Waals surface area contributed by atoms with E-state index >= 15 is 0 Å². The molecule has 0 bridgehead atoms. The molecule has 39 heavy (non-hydrogen) atoms. The van der Waals surface area contributed by atoms with Gasteiger partial charge in [0.05, 0.1) is 0 Å². The monoisotopic (exact) mass is 530 g/mol. The first-order chi connectivity index (χ1) is 18.7. The molecule has 2 aliphatic rings. The number of carbonyl (C=O) groups is 2. The third-order valence-corrected chi connectivity index (χ3v) is 7.34. The highest BCUT2D eigenvalue weighted by Crippen LogP contribution is 2.40. The van der Waals surface area contributed by atoms with Gasteiger partial charge < -0.3 is 19.4 Å². The van der Waals surface area contributed by atoms with Crippen molar-refractivity contribution in [1.82, 2.24) is 15.2 Å². The Morgan fingerprint density at radius 1 is 1.08 bits per heavy atom. The van der Waals surface area contributed by atoms with Crippen LogP contribution in [0, 0.1) is 10.8 Å². The van der Waals surface area contributed by atoms with Crippen molar-refractivity contribution in [2.45, 2.75) is 58.1 Å². The van der Waals surface area contributed by atoms with E-state index in [1.165, 1.54) is 0 Å². The quantitative estimate of drug-likeness (QED) is 0.383. The Morgan fingerprint density at radius 3 is 2.51 bits per heavy atom. The molecule has 5 rings (SSSR count). The molecule has 1 aromatic carbocycles. The molecular formula is C30H34N4O5. The standard InChI is InChI=1S/C30H34N4O5/c1-30(2,3)39-29(36)34-14-10-19(11-15-34)18-32-28(35)26-17-24(20-8-12-31-13-9-20)27(38-26)22-4-6-23-21(16-22)5-7-25(23)33-37/h4,6,8-9,12-13,16-17,19,25H,5,7,10-11,14-15,18H2,1-3H3,(H,32,35). The number of nitrogens with zero attached hydrogens (tertiary/aromatic N) is 3. The summed E-state index contributed by atoms with van der Waals surface area (Å²) in [6, 6.07) is 11.1. The minimum Gasteiger partial charge on any atom is -0.450 e. The average Bonchev–Trinajstić information content (AvgIpc) is 3.56. The third-order valence-electron chi connectivity index (χ3n) is 7.34. The van der Waals surface area contributed by atoms with Gasteiger partial charge in [-0.1, -0.05) is 17.3 Å². The zero-order valence-electron chi connectivity index (χ0n) is 22.6. The number of piperidine rings is 1. The number of rotatable bonds is 6. The van der Waals surface area contributed by atoms with E-state index in [2.05, 4.69) is 15.5 Å². The number of nitroso groups, excluding NO2 is 1. The lowest BCUT2D eigenvalue weighted by Crippen LogP contribution is -2.43. The van der Waals surface area contributed by atoms with Crippen LogP contribution in [0.1, 0.15) is 67.8 Å². The molecule has 0 spiro atoms. The van der Waals surface area contributed by atoms with E-state index in [1.807, 2.05) is 51.1 Å². The minimum absolute atomic E-state index is 0.232. The van der Waals surface area contributed by atoms with Crippen molar-refractivity contribution in [3.8, 4) is 22.5 Å². The lowest BCUT2D eigenvalue weighted by Gasteiger charge is -2.33. The highest BCUT2D eigenvalue weighted by atomic mass is 16.6. The topological polar surface area (TPSA) is 114 Å². The number of aryl methyl sites for hydroxylation is 1. The second-order valence-electron chi connectivity index (χ2n) is 11.3. The van der Waals surface area contributed by atoms with Gasteiger partial charge in [0.2, 0.25) is 0 Å². The Labute approximate surface area is 227 Å². The fraction of sp³-hybridized carbons (Fsp3) is 0.433. The van der Waals surface area contributed by atoms with Gasteiger partial charge in [0.25, 0.3) is 5.91 Å². The highest BCUT2D eigenvalue weighted by Gasteiger charge is 2.28. The summed E-state index contributed by atoms with van der Waals surface area (Å²) < 4.78 is 11.7. The van der Waals surface area contributed by atoms with E-state index in [9.17, 15) is 14.5 Å². The number of fused-ring (bicyclic) bond motifs is 1. The molecule has 1 atom stereocenters. The molecule has 204 valence electrons. The summed E-state index contributed by atoms with van der Waals surface area (Å²) in [5.41, 5.74) is 4.06. The first kappa shape index (κ1) is 26.6. The number of likely N-dealkylation sites (tertiary alicyclic amines) is 1. The maximum atomic E-state index is 13.2. The molecule has 1 fully saturated rings. The number of nitrogens with one attached hydrogen (secondary N) is 1. The molecular weight excluding hydrogens is 496 g/mol. The van der Waals surface area contributed by atoms with Gasteiger partial charge in [0.15, 0.2) is 5.76 Å². The smallest absolute Gasteiger partial charge is 0.410 e. The fourth-order valence-electron chi connectivity index (χ4n) is 5.28. The van der Waals surface area contributed by atoms with E-state index in [-0.39, 0.29) is 29.7 Å². The predicted octanol–water partition coefficient (Wildman–Crippen LogP) is 6.14. The van der Waals surface area contributed by atoms with Crippen molar-refractivity contribution in [2.24, 2.45) is 11.1 Å². The predicted molar refractivity (Wildman–Crippen MR) is 147 cm³/mol. The van der Waals surface area contributed by atoms with Crippen LogP contribution in [-0.2, 0) is 11.2 Å². The van der Waals surface area contributed by atoms with Crippen LogP contribution in [0.2, 0.25) is 0 Å². The largest absolute Gasteiger partial charge is 0.450 e. The molecule has 1 N–H and O–H groups in total. The van der Waals surface area contributed by atoms with Gasteiger partial charge in [0, 0.05) is 43.2 Å². The van der Waals surface area contributed by atoms with Gasteiger partial charge in [-0.3, -0.25) is 9.78 Å². The van der Waals surface area contributed by atoms with Crippen LogP contribution in [0.5, 0.6) is 0 Å². The summed E-state index contributed by atoms with van der Waals surface area (Å²) in [6.45, 7) is 7.28. The van der Waals surface area contributed by atoms with E-state index in [4.69, 9.17) is 9.15 Å². The summed E-state index contributed by atoms with van der Waals surface area (Å²) in [4.78, 5) is 42.5. The lowest BCUT2D eigenvalue weighted by atomic mass is 9.97. The molecule has 1 aliphatic carbocycles. The molecule has 1 aliphatic heterocycles. The molecule has 0 saturated carbocycles. The van der Waals surface area contributed by atoms with E-state index in [1.54, 1.807) is 23.4 Å². The number of hydrogen-bond donors (Lipinski definition) is 1. The minimum atomic E-state index is -0.520. The van der Waals surface area contributed by atoms with Crippen molar-refractivity contribution >= 4 is 12.0 Å². The SMILES string of the molecule is CC(C)(C)OC(=O)N1CCC(CNC(=O)c2cc(-c3ccncc3)c(-c3ccc4c(c3)CCC4N=O)o2)CC1. The third kappa shape index (κ3) is 6.02. The van der Waals surface area contributed by atoms with Crippen molar-refractivity contribution < 1.29 is 18.7 Å². The summed E-state index contributed by atoms with van der Waals surface area (Å²) in [5.74, 6) is 0.814. The number of amides is 2. The van der Waals surface area contributed by atoms with Gasteiger partial charge >= 0.3 is 6.09 Å². The summed E-state index contributed by atoms with van der Waals surface area (Å²) in [5, 5.41) is 6.27. The number of aromatic nitrogens is 1. The van der Waals surface area contributed by atoms with Crippen LogP contribution in [0.15, 0.2) is 58.4 Å². The van der Waals surface area contributed by atoms with E-state index < -0.39 is 5.60 Å². The van der Waals surface area contributed by atoms with Gasteiger partial charge in [0.1, 0.15) is 17.4 Å². The van der Waals surface area contributed by atoms with Crippen molar-refractivity contribution in [1.29, 1.82) is 0 Å². The van der Waals surface area contributed by atoms with Gasteiger partial charge in [-0.25, -0.2) is 4.79 Å². The Balaban J connectivity index is 1.28. The van der Waals surface area contributed by atoms with Crippen LogP contribution in [0.3, 0.4) is 0 Å². The maximum absolute atomic E-state index is 13.2. The number of furan rings is 1. The molecule has 3 heterocycles. The molecule has 9 heteroatoms. The maximum Gasteiger partial charge on any atom is 0.410 e. The Bertz CT molecular complexity index is 1350. The molecule has 9 nitrogen and oxygen atoms in total. The molecule has 1 saturated heterocycles. The van der Waals surface area contributed by atoms with E-state index in [0.717, 1.165) is 47.1 Å². The van der Waals surface area contributed by atoms with E-state index in [0.29, 0.717) is 31.8 Å². The number of carbonyl (C=O) groups excluding carboxylic acids is 2. The van der Waals surface area contributed by atoms with Crippen LogP contribution in [0.25, 0.3) is 22.5 Å². The number of benzene rings is 1. The van der Waals surface area contributed by atoms with Crippen LogP contribution >= 0.6 is 0 Å². The van der Waals surface area contributed by atoms with Gasteiger partial charge in [-0.15, -0.1) is 0 Å². The normalized spacial score (nSPS) is 17.5. The van der Waals surface area contributed by atoms with Gasteiger partial charge in [-0.2, -0.15) is 4.91 Å². The number of ether oxygens (including phenoxy) is 1. The van der Waals surface area contributed by atoms with Crippen LogP contribution in [-0.4, -0.2) is 47.1 Å². The van der Waals surface area contributed by atoms with Crippen molar-refractivity contribution in [3.63, 3.8) is 0 Å². The second-order valence-corrected chi connectivity index (χ2v) is 11.3. The molecule has 1 unspecified atom stereocenters. The first-order valence-electron chi connectivity index (χ1n) is 13.5. The lowest BCUT2D eigenvalue weighted by molar-refractivity contribution is 0.0183. The molecule has 3 aromatic rings. The summed E-state index contributed by atoms with van der Waals surface area (Å²) in [7, 11) is 0. The summed E-state index contributed by atoms with van der Waals surface area (Å²) in [6.07, 6.45) is 6.19. The molecule has 2 amide bonds.